The first-order chi connectivity index (χ1) is 7.81. The number of Topliss-reactive ketones (excluding diaryl/α,β-unsaturated/α-hetero) is 1. The second-order valence-electron chi connectivity index (χ2n) is 5.65. The van der Waals surface area contributed by atoms with Gasteiger partial charge in [-0.1, -0.05) is 12.8 Å². The predicted molar refractivity (Wildman–Crippen MR) is 65.9 cm³/mol. The number of likely N-dealkylation sites (tertiary alicyclic amines) is 1. The van der Waals surface area contributed by atoms with Gasteiger partial charge >= 0.3 is 6.09 Å². The lowest BCUT2D eigenvalue weighted by Gasteiger charge is -2.30. The van der Waals surface area contributed by atoms with Crippen molar-refractivity contribution in [2.75, 3.05) is 6.54 Å². The summed E-state index contributed by atoms with van der Waals surface area (Å²) in [5.41, 5.74) is -0.509. The number of ether oxygens (including phenoxy) is 1. The van der Waals surface area contributed by atoms with Crippen LogP contribution in [-0.4, -0.2) is 35.0 Å². The van der Waals surface area contributed by atoms with Crippen molar-refractivity contribution in [2.24, 2.45) is 0 Å². The molecule has 1 heterocycles. The molecule has 17 heavy (non-hydrogen) atoms. The van der Waals surface area contributed by atoms with Crippen molar-refractivity contribution in [3.05, 3.63) is 0 Å². The van der Waals surface area contributed by atoms with E-state index in [9.17, 15) is 9.59 Å². The Labute approximate surface area is 103 Å². The summed E-state index contributed by atoms with van der Waals surface area (Å²) in [7, 11) is 0. The average Bonchev–Trinajstić information content (AvgIpc) is 2.39. The molecule has 1 atom stereocenters. The monoisotopic (exact) mass is 241 g/mol. The molecule has 0 aromatic carbocycles. The minimum absolute atomic E-state index is 0.0535. The zero-order chi connectivity index (χ0) is 13.1. The Bertz CT molecular complexity index is 294. The second-order valence-corrected chi connectivity index (χ2v) is 5.65. The Balaban J connectivity index is 2.75. The van der Waals surface area contributed by atoms with Crippen LogP contribution in [0, 0.1) is 0 Å². The van der Waals surface area contributed by atoms with Crippen LogP contribution in [0.3, 0.4) is 0 Å². The summed E-state index contributed by atoms with van der Waals surface area (Å²) in [4.78, 5) is 25.2. The molecule has 1 aliphatic rings. The van der Waals surface area contributed by atoms with Crippen LogP contribution in [0.15, 0.2) is 0 Å². The Morgan fingerprint density at radius 1 is 1.18 bits per heavy atom. The first-order valence-electron chi connectivity index (χ1n) is 6.31. The van der Waals surface area contributed by atoms with Crippen molar-refractivity contribution in [3.63, 3.8) is 0 Å². The van der Waals surface area contributed by atoms with E-state index in [0.717, 1.165) is 25.7 Å². The lowest BCUT2D eigenvalue weighted by Crippen LogP contribution is -2.46. The van der Waals surface area contributed by atoms with Crippen LogP contribution in [0.5, 0.6) is 0 Å². The molecular weight excluding hydrogens is 218 g/mol. The normalized spacial score (nSPS) is 21.9. The van der Waals surface area contributed by atoms with Crippen LogP contribution >= 0.6 is 0 Å². The van der Waals surface area contributed by atoms with Gasteiger partial charge in [0, 0.05) is 6.54 Å². The Morgan fingerprint density at radius 2 is 1.82 bits per heavy atom. The number of ketones is 1. The summed E-state index contributed by atoms with van der Waals surface area (Å²) in [6.07, 6.45) is 3.42. The zero-order valence-corrected chi connectivity index (χ0v) is 11.3. The molecule has 1 saturated heterocycles. The molecular formula is C13H23NO3. The smallest absolute Gasteiger partial charge is 0.410 e. The first kappa shape index (κ1) is 14.0. The molecule has 0 aliphatic carbocycles. The third-order valence-corrected chi connectivity index (χ3v) is 2.85. The minimum Gasteiger partial charge on any atom is -0.444 e. The van der Waals surface area contributed by atoms with Crippen molar-refractivity contribution in [2.45, 2.75) is 65.0 Å². The summed E-state index contributed by atoms with van der Waals surface area (Å²) in [6, 6.07) is -0.299. The van der Waals surface area contributed by atoms with Crippen molar-refractivity contribution in [3.8, 4) is 0 Å². The molecule has 98 valence electrons. The molecule has 0 aromatic heterocycles. The molecule has 0 radical (unpaired) electrons. The van der Waals surface area contributed by atoms with Crippen molar-refractivity contribution < 1.29 is 14.3 Å². The fourth-order valence-corrected chi connectivity index (χ4v) is 2.07. The van der Waals surface area contributed by atoms with Gasteiger partial charge in [0.25, 0.3) is 0 Å². The topological polar surface area (TPSA) is 46.6 Å². The summed E-state index contributed by atoms with van der Waals surface area (Å²) in [5.74, 6) is 0.0535. The number of carbonyl (C=O) groups is 2. The van der Waals surface area contributed by atoms with E-state index in [2.05, 4.69) is 0 Å². The van der Waals surface area contributed by atoms with E-state index in [4.69, 9.17) is 4.74 Å². The van der Waals surface area contributed by atoms with Gasteiger partial charge in [0.05, 0.1) is 6.04 Å². The van der Waals surface area contributed by atoms with E-state index in [0.29, 0.717) is 6.54 Å². The van der Waals surface area contributed by atoms with Gasteiger partial charge in [0.2, 0.25) is 0 Å². The lowest BCUT2D eigenvalue weighted by atomic mass is 10.1. The van der Waals surface area contributed by atoms with Gasteiger partial charge in [-0.15, -0.1) is 0 Å². The molecule has 0 aromatic rings. The number of hydrogen-bond donors (Lipinski definition) is 0. The zero-order valence-electron chi connectivity index (χ0n) is 11.3. The maximum absolute atomic E-state index is 12.0. The number of nitrogens with zero attached hydrogens (tertiary/aromatic N) is 1. The molecule has 1 aliphatic heterocycles. The summed E-state index contributed by atoms with van der Waals surface area (Å²) in [6.45, 7) is 7.69. The van der Waals surface area contributed by atoms with Gasteiger partial charge in [-0.05, 0) is 40.5 Å². The van der Waals surface area contributed by atoms with E-state index >= 15 is 0 Å². The number of carbonyl (C=O) groups excluding carboxylic acids is 2. The van der Waals surface area contributed by atoms with Crippen LogP contribution in [0.25, 0.3) is 0 Å². The van der Waals surface area contributed by atoms with Crippen molar-refractivity contribution in [1.29, 1.82) is 0 Å². The van der Waals surface area contributed by atoms with E-state index in [1.165, 1.54) is 0 Å². The molecule has 1 amide bonds. The van der Waals surface area contributed by atoms with Gasteiger partial charge in [-0.2, -0.15) is 0 Å². The molecule has 4 heteroatoms. The molecule has 0 N–H and O–H groups in total. The van der Waals surface area contributed by atoms with E-state index < -0.39 is 5.60 Å². The van der Waals surface area contributed by atoms with Crippen LogP contribution in [0.1, 0.15) is 53.4 Å². The largest absolute Gasteiger partial charge is 0.444 e. The van der Waals surface area contributed by atoms with Crippen LogP contribution < -0.4 is 0 Å². The number of rotatable bonds is 1. The highest BCUT2D eigenvalue weighted by Gasteiger charge is 2.31. The molecule has 0 unspecified atom stereocenters. The standard InChI is InChI=1S/C13H23NO3/c1-10(15)11-8-6-5-7-9-14(11)12(16)17-13(2,3)4/h11H,5-9H2,1-4H3/t11-/m0/s1. The maximum atomic E-state index is 12.0. The van der Waals surface area contributed by atoms with E-state index in [1.54, 1.807) is 11.8 Å². The summed E-state index contributed by atoms with van der Waals surface area (Å²) in [5, 5.41) is 0. The van der Waals surface area contributed by atoms with Crippen LogP contribution in [0.4, 0.5) is 4.79 Å². The summed E-state index contributed by atoms with van der Waals surface area (Å²) >= 11 is 0. The fraction of sp³-hybridized carbons (Fsp3) is 0.846. The third-order valence-electron chi connectivity index (χ3n) is 2.85. The van der Waals surface area contributed by atoms with Gasteiger partial charge in [0.1, 0.15) is 5.60 Å². The molecule has 4 nitrogen and oxygen atoms in total. The molecule has 0 saturated carbocycles. The molecule has 0 bridgehead atoms. The van der Waals surface area contributed by atoms with E-state index in [1.807, 2.05) is 20.8 Å². The quantitative estimate of drug-likeness (QED) is 0.709. The minimum atomic E-state index is -0.509. The Kier molecular flexibility index (Phi) is 4.54. The van der Waals surface area contributed by atoms with Gasteiger partial charge < -0.3 is 4.74 Å². The van der Waals surface area contributed by atoms with E-state index in [-0.39, 0.29) is 17.9 Å². The highest BCUT2D eigenvalue weighted by molar-refractivity contribution is 5.85. The third kappa shape index (κ3) is 4.36. The number of amides is 1. The van der Waals surface area contributed by atoms with Gasteiger partial charge in [-0.3, -0.25) is 9.69 Å². The average molecular weight is 241 g/mol. The van der Waals surface area contributed by atoms with Crippen LogP contribution in [0.2, 0.25) is 0 Å². The second kappa shape index (κ2) is 5.52. The van der Waals surface area contributed by atoms with Gasteiger partial charge in [0.15, 0.2) is 5.78 Å². The van der Waals surface area contributed by atoms with Gasteiger partial charge in [-0.25, -0.2) is 4.79 Å². The predicted octanol–water partition coefficient (Wildman–Crippen LogP) is 2.76. The van der Waals surface area contributed by atoms with Crippen LogP contribution in [-0.2, 0) is 9.53 Å². The van der Waals surface area contributed by atoms with Crippen molar-refractivity contribution in [1.82, 2.24) is 4.90 Å². The lowest BCUT2D eigenvalue weighted by molar-refractivity contribution is -0.122. The Morgan fingerprint density at radius 3 is 2.35 bits per heavy atom. The highest BCUT2D eigenvalue weighted by atomic mass is 16.6. The summed E-state index contributed by atoms with van der Waals surface area (Å²) < 4.78 is 5.35. The fourth-order valence-electron chi connectivity index (χ4n) is 2.07. The Hall–Kier alpha value is -1.06. The highest BCUT2D eigenvalue weighted by Crippen LogP contribution is 2.20. The first-order valence-corrected chi connectivity index (χ1v) is 6.31. The molecule has 1 rings (SSSR count). The molecule has 0 spiro atoms. The number of hydrogen-bond acceptors (Lipinski definition) is 3. The SMILES string of the molecule is CC(=O)[C@@H]1CCCCCN1C(=O)OC(C)(C)C. The van der Waals surface area contributed by atoms with Crippen molar-refractivity contribution >= 4 is 11.9 Å². The maximum Gasteiger partial charge on any atom is 0.410 e. The molecule has 1 fully saturated rings.